The van der Waals surface area contributed by atoms with Crippen molar-refractivity contribution in [2.75, 3.05) is 20.2 Å². The third-order valence-corrected chi connectivity index (χ3v) is 3.50. The van der Waals surface area contributed by atoms with Gasteiger partial charge < -0.3 is 20.8 Å². The van der Waals surface area contributed by atoms with Crippen molar-refractivity contribution in [3.05, 3.63) is 29.5 Å². The lowest BCUT2D eigenvalue weighted by Gasteiger charge is -2.22. The highest BCUT2D eigenvalue weighted by atomic mass is 16.5. The summed E-state index contributed by atoms with van der Waals surface area (Å²) in [6, 6.07) is 6.40. The summed E-state index contributed by atoms with van der Waals surface area (Å²) < 4.78 is 5.28. The zero-order valence-electron chi connectivity index (χ0n) is 9.92. The zero-order valence-corrected chi connectivity index (χ0v) is 9.92. The van der Waals surface area contributed by atoms with E-state index in [2.05, 4.69) is 22.4 Å². The summed E-state index contributed by atoms with van der Waals surface area (Å²) in [7, 11) is 1.70. The van der Waals surface area contributed by atoms with Gasteiger partial charge in [0, 0.05) is 23.1 Å². The van der Waals surface area contributed by atoms with Gasteiger partial charge in [-0.2, -0.15) is 0 Å². The van der Waals surface area contributed by atoms with Crippen LogP contribution in [0, 0.1) is 0 Å². The van der Waals surface area contributed by atoms with Crippen LogP contribution in [0.15, 0.2) is 18.2 Å². The highest BCUT2D eigenvalue weighted by Gasteiger charge is 2.22. The molecule has 0 amide bonds. The molecule has 1 aromatic carbocycles. The van der Waals surface area contributed by atoms with E-state index in [1.54, 1.807) is 7.11 Å². The topological polar surface area (TPSA) is 63.1 Å². The zero-order chi connectivity index (χ0) is 11.8. The van der Waals surface area contributed by atoms with E-state index in [9.17, 15) is 0 Å². The molecule has 2 aromatic rings. The number of aromatic amines is 1. The molecule has 4 heteroatoms. The Morgan fingerprint density at radius 2 is 2.35 bits per heavy atom. The minimum atomic E-state index is 0.247. The molecule has 0 radical (unpaired) electrons. The first-order valence-electron chi connectivity index (χ1n) is 5.95. The maximum Gasteiger partial charge on any atom is 0.119 e. The number of rotatable bonds is 2. The summed E-state index contributed by atoms with van der Waals surface area (Å²) in [6.45, 7) is 1.61. The van der Waals surface area contributed by atoms with Crippen LogP contribution in [0.1, 0.15) is 17.3 Å². The number of hydrogen-bond acceptors (Lipinski definition) is 3. The number of aromatic nitrogens is 1. The largest absolute Gasteiger partial charge is 0.497 e. The molecular weight excluding hydrogens is 214 g/mol. The summed E-state index contributed by atoms with van der Waals surface area (Å²) >= 11 is 0. The summed E-state index contributed by atoms with van der Waals surface area (Å²) in [5.74, 6) is 0.905. The third-order valence-electron chi connectivity index (χ3n) is 3.50. The van der Waals surface area contributed by atoms with Crippen LogP contribution in [-0.4, -0.2) is 25.2 Å². The molecule has 1 aromatic heterocycles. The average Bonchev–Trinajstić information content (AvgIpc) is 2.76. The van der Waals surface area contributed by atoms with Gasteiger partial charge in [0.05, 0.1) is 13.2 Å². The number of methoxy groups -OCH3 is 1. The summed E-state index contributed by atoms with van der Waals surface area (Å²) in [4.78, 5) is 3.47. The molecule has 0 aliphatic carbocycles. The first-order valence-corrected chi connectivity index (χ1v) is 5.95. The van der Waals surface area contributed by atoms with Crippen LogP contribution in [0.4, 0.5) is 0 Å². The average molecular weight is 231 g/mol. The number of hydrogen-bond donors (Lipinski definition) is 3. The number of nitrogens with two attached hydrogens (primary N) is 1. The van der Waals surface area contributed by atoms with E-state index < -0.39 is 0 Å². The first kappa shape index (κ1) is 10.6. The van der Waals surface area contributed by atoms with Gasteiger partial charge in [-0.3, -0.25) is 0 Å². The Bertz CT molecular complexity index is 547. The Kier molecular flexibility index (Phi) is 2.53. The fraction of sp³-hybridized carbons (Fsp3) is 0.385. The smallest absolute Gasteiger partial charge is 0.119 e. The molecule has 0 bridgehead atoms. The minimum Gasteiger partial charge on any atom is -0.497 e. The maximum absolute atomic E-state index is 5.79. The normalized spacial score (nSPS) is 19.3. The lowest BCUT2D eigenvalue weighted by atomic mass is 9.99. The molecule has 1 aliphatic heterocycles. The minimum absolute atomic E-state index is 0.247. The molecule has 1 unspecified atom stereocenters. The standard InChI is InChI=1S/C13H17N3O/c1-17-8-2-3-11-10(6-8)9-4-5-15-12(7-14)13(9)16-11/h2-3,6,12,15-16H,4-5,7,14H2,1H3. The van der Waals surface area contributed by atoms with E-state index in [0.717, 1.165) is 24.2 Å². The Hall–Kier alpha value is -1.52. The molecule has 2 heterocycles. The highest BCUT2D eigenvalue weighted by molar-refractivity contribution is 5.86. The molecule has 0 saturated heterocycles. The van der Waals surface area contributed by atoms with E-state index in [0.29, 0.717) is 6.54 Å². The van der Waals surface area contributed by atoms with Crippen molar-refractivity contribution in [2.45, 2.75) is 12.5 Å². The van der Waals surface area contributed by atoms with Gasteiger partial charge in [0.25, 0.3) is 0 Å². The van der Waals surface area contributed by atoms with E-state index in [1.807, 2.05) is 6.07 Å². The second kappa shape index (κ2) is 4.05. The van der Waals surface area contributed by atoms with Crippen LogP contribution in [0.3, 0.4) is 0 Å². The number of benzene rings is 1. The Labute approximate surface area is 100 Å². The van der Waals surface area contributed by atoms with Crippen molar-refractivity contribution < 1.29 is 4.74 Å². The fourth-order valence-corrected chi connectivity index (χ4v) is 2.62. The van der Waals surface area contributed by atoms with Crippen molar-refractivity contribution in [1.82, 2.24) is 10.3 Å². The molecule has 3 rings (SSSR count). The second-order valence-corrected chi connectivity index (χ2v) is 4.42. The SMILES string of the molecule is COc1ccc2[nH]c3c(c2c1)CCNC3CN. The van der Waals surface area contributed by atoms with Crippen LogP contribution >= 0.6 is 0 Å². The van der Waals surface area contributed by atoms with Gasteiger partial charge >= 0.3 is 0 Å². The predicted molar refractivity (Wildman–Crippen MR) is 68.4 cm³/mol. The molecule has 90 valence electrons. The van der Waals surface area contributed by atoms with E-state index in [4.69, 9.17) is 10.5 Å². The predicted octanol–water partition coefficient (Wildman–Crippen LogP) is 1.32. The fourth-order valence-electron chi connectivity index (χ4n) is 2.62. The van der Waals surface area contributed by atoms with E-state index in [-0.39, 0.29) is 6.04 Å². The highest BCUT2D eigenvalue weighted by Crippen LogP contribution is 2.31. The molecule has 4 nitrogen and oxygen atoms in total. The van der Waals surface area contributed by atoms with Crippen LogP contribution in [0.25, 0.3) is 10.9 Å². The molecule has 1 aliphatic rings. The Morgan fingerprint density at radius 1 is 1.47 bits per heavy atom. The van der Waals surface area contributed by atoms with Gasteiger partial charge in [0.2, 0.25) is 0 Å². The Balaban J connectivity index is 2.20. The van der Waals surface area contributed by atoms with E-state index in [1.165, 1.54) is 16.6 Å². The van der Waals surface area contributed by atoms with Crippen molar-refractivity contribution >= 4 is 10.9 Å². The lowest BCUT2D eigenvalue weighted by molar-refractivity contribution is 0.415. The van der Waals surface area contributed by atoms with Crippen molar-refractivity contribution in [3.63, 3.8) is 0 Å². The molecule has 0 fully saturated rings. The van der Waals surface area contributed by atoms with Gasteiger partial charge in [-0.15, -0.1) is 0 Å². The van der Waals surface area contributed by atoms with Gasteiger partial charge in [0.15, 0.2) is 0 Å². The number of ether oxygens (including phenoxy) is 1. The number of H-pyrrole nitrogens is 1. The van der Waals surface area contributed by atoms with Crippen LogP contribution in [-0.2, 0) is 6.42 Å². The van der Waals surface area contributed by atoms with Crippen molar-refractivity contribution in [1.29, 1.82) is 0 Å². The monoisotopic (exact) mass is 231 g/mol. The van der Waals surface area contributed by atoms with Gasteiger partial charge in [-0.05, 0) is 36.7 Å². The summed E-state index contributed by atoms with van der Waals surface area (Å²) in [5, 5.41) is 4.69. The molecular formula is C13H17N3O. The molecule has 17 heavy (non-hydrogen) atoms. The molecule has 0 saturated carbocycles. The number of nitrogens with one attached hydrogen (secondary N) is 2. The van der Waals surface area contributed by atoms with Crippen LogP contribution in [0.5, 0.6) is 5.75 Å². The molecule has 0 spiro atoms. The van der Waals surface area contributed by atoms with Crippen LogP contribution < -0.4 is 15.8 Å². The van der Waals surface area contributed by atoms with Crippen molar-refractivity contribution in [2.24, 2.45) is 5.73 Å². The van der Waals surface area contributed by atoms with Crippen molar-refractivity contribution in [3.8, 4) is 5.75 Å². The van der Waals surface area contributed by atoms with Gasteiger partial charge in [-0.1, -0.05) is 0 Å². The lowest BCUT2D eigenvalue weighted by Crippen LogP contribution is -2.34. The Morgan fingerprint density at radius 3 is 3.12 bits per heavy atom. The third kappa shape index (κ3) is 1.61. The van der Waals surface area contributed by atoms with Crippen LogP contribution in [0.2, 0.25) is 0 Å². The maximum atomic E-state index is 5.79. The quantitative estimate of drug-likeness (QED) is 0.730. The number of fused-ring (bicyclic) bond motifs is 3. The van der Waals surface area contributed by atoms with Gasteiger partial charge in [-0.25, -0.2) is 0 Å². The molecule has 1 atom stereocenters. The summed E-state index contributed by atoms with van der Waals surface area (Å²) in [5.41, 5.74) is 9.57. The van der Waals surface area contributed by atoms with E-state index >= 15 is 0 Å². The van der Waals surface area contributed by atoms with Gasteiger partial charge in [0.1, 0.15) is 5.75 Å². The second-order valence-electron chi connectivity index (χ2n) is 4.42. The first-order chi connectivity index (χ1) is 8.33. The molecule has 4 N–H and O–H groups in total. The summed E-state index contributed by atoms with van der Waals surface area (Å²) in [6.07, 6.45) is 1.04.